The molecule has 0 rings (SSSR count). The van der Waals surface area contributed by atoms with Gasteiger partial charge in [0.2, 0.25) is 0 Å². The monoisotopic (exact) mass is 143 g/mol. The average Bonchev–Trinajstić information content (AvgIpc) is 1.85. The summed E-state index contributed by atoms with van der Waals surface area (Å²) in [6.07, 6.45) is 2.57. The lowest BCUT2D eigenvalue weighted by Crippen LogP contribution is -1.98. The van der Waals surface area contributed by atoms with Crippen LogP contribution in [0.2, 0.25) is 0 Å². The van der Waals surface area contributed by atoms with Crippen LogP contribution in [-0.4, -0.2) is 17.9 Å². The fourth-order valence-electron chi connectivity index (χ4n) is 0.292. The molecule has 0 aliphatic rings. The lowest BCUT2D eigenvalue weighted by molar-refractivity contribution is -0.137. The quantitative estimate of drug-likeness (QED) is 0.334. The molecule has 1 radical (unpaired) electrons. The van der Waals surface area contributed by atoms with Crippen LogP contribution in [0.4, 0.5) is 0 Å². The Kier molecular flexibility index (Phi) is 5.01. The van der Waals surface area contributed by atoms with Crippen molar-refractivity contribution in [3.8, 4) is 0 Å². The van der Waals surface area contributed by atoms with Crippen molar-refractivity contribution in [2.24, 2.45) is 0 Å². The van der Waals surface area contributed by atoms with Gasteiger partial charge in [-0.2, -0.15) is 0 Å². The summed E-state index contributed by atoms with van der Waals surface area (Å²) in [5.74, 6) is -0.380. The van der Waals surface area contributed by atoms with Crippen molar-refractivity contribution >= 4 is 23.6 Å². The summed E-state index contributed by atoms with van der Waals surface area (Å²) in [5, 5.41) is 2.26. The zero-order valence-electron chi connectivity index (χ0n) is 5.09. The molecule has 0 unspecified atom stereocenters. The molecule has 49 valence electrons. The summed E-state index contributed by atoms with van der Waals surface area (Å²) in [6, 6.07) is 0. The lowest BCUT2D eigenvalue weighted by atomic mass is 10.5. The maximum atomic E-state index is 10.4. The molecule has 0 aromatic carbocycles. The highest BCUT2D eigenvalue weighted by molar-refractivity contribution is 7.79. The van der Waals surface area contributed by atoms with Crippen molar-refractivity contribution in [2.45, 2.75) is 6.92 Å². The zero-order chi connectivity index (χ0) is 7.11. The first-order valence-corrected chi connectivity index (χ1v) is 2.93. The second kappa shape index (κ2) is 5.44. The van der Waals surface area contributed by atoms with E-state index in [0.29, 0.717) is 6.61 Å². The third kappa shape index (κ3) is 5.17. The second-order valence-electron chi connectivity index (χ2n) is 1.20. The first-order chi connectivity index (χ1) is 4.31. The zero-order valence-corrected chi connectivity index (χ0v) is 5.90. The minimum absolute atomic E-state index is 0.380. The van der Waals surface area contributed by atoms with Crippen molar-refractivity contribution in [1.29, 1.82) is 0 Å². The van der Waals surface area contributed by atoms with E-state index >= 15 is 0 Å². The minimum Gasteiger partial charge on any atom is -0.463 e. The van der Waals surface area contributed by atoms with Crippen LogP contribution in [0.25, 0.3) is 0 Å². The smallest absolute Gasteiger partial charge is 0.330 e. The number of allylic oxidation sites excluding steroid dienone is 1. The van der Waals surface area contributed by atoms with Crippen LogP contribution < -0.4 is 0 Å². The Bertz CT molecular complexity index is 129. The third-order valence-corrected chi connectivity index (χ3v) is 0.710. The van der Waals surface area contributed by atoms with Gasteiger partial charge in [-0.3, -0.25) is 0 Å². The number of carbonyl (C=O) groups excluding carboxylic acids is 1. The highest BCUT2D eigenvalue weighted by Crippen LogP contribution is 1.78. The predicted octanol–water partition coefficient (Wildman–Crippen LogP) is 0.982. The normalized spacial score (nSPS) is 9.44. The highest BCUT2D eigenvalue weighted by Gasteiger charge is 1.89. The van der Waals surface area contributed by atoms with E-state index in [0.717, 1.165) is 0 Å². The summed E-state index contributed by atoms with van der Waals surface area (Å²) in [5.41, 5.74) is 0. The van der Waals surface area contributed by atoms with Crippen molar-refractivity contribution in [2.75, 3.05) is 6.61 Å². The van der Waals surface area contributed by atoms with Gasteiger partial charge in [-0.15, -0.1) is 0 Å². The highest BCUT2D eigenvalue weighted by atomic mass is 32.1. The van der Waals surface area contributed by atoms with E-state index in [2.05, 4.69) is 22.3 Å². The van der Waals surface area contributed by atoms with Gasteiger partial charge in [0.05, 0.1) is 12.0 Å². The topological polar surface area (TPSA) is 26.3 Å². The number of esters is 1. The molecule has 0 aliphatic carbocycles. The van der Waals surface area contributed by atoms with Crippen LogP contribution in [0.15, 0.2) is 12.2 Å². The first-order valence-electron chi connectivity index (χ1n) is 2.52. The molecule has 9 heavy (non-hydrogen) atoms. The molecule has 0 spiro atoms. The molecule has 2 nitrogen and oxygen atoms in total. The number of hydrogen-bond donors (Lipinski definition) is 0. The largest absolute Gasteiger partial charge is 0.463 e. The molecule has 0 aromatic heterocycles. The molecule has 0 saturated carbocycles. The van der Waals surface area contributed by atoms with Crippen LogP contribution in [-0.2, 0) is 9.53 Å². The van der Waals surface area contributed by atoms with Gasteiger partial charge in [-0.25, -0.2) is 4.79 Å². The van der Waals surface area contributed by atoms with Gasteiger partial charge >= 0.3 is 5.97 Å². The van der Waals surface area contributed by atoms with E-state index in [1.165, 1.54) is 12.2 Å². The molecule has 0 heterocycles. The van der Waals surface area contributed by atoms with E-state index in [1.807, 2.05) is 0 Å². The Morgan fingerprint density at radius 1 is 1.89 bits per heavy atom. The van der Waals surface area contributed by atoms with Crippen LogP contribution in [0.3, 0.4) is 0 Å². The molecule has 0 fully saturated rings. The Hall–Kier alpha value is -0.700. The number of thiocarbonyl (C=S) groups is 1. The van der Waals surface area contributed by atoms with E-state index in [-0.39, 0.29) is 5.97 Å². The van der Waals surface area contributed by atoms with E-state index in [1.54, 1.807) is 6.92 Å². The predicted molar refractivity (Wildman–Crippen MR) is 38.4 cm³/mol. The molecule has 3 heteroatoms. The van der Waals surface area contributed by atoms with E-state index in [9.17, 15) is 4.79 Å². The van der Waals surface area contributed by atoms with Gasteiger partial charge in [-0.05, 0) is 13.0 Å². The van der Waals surface area contributed by atoms with Crippen LogP contribution in [0, 0.1) is 0 Å². The summed E-state index contributed by atoms with van der Waals surface area (Å²) in [6.45, 7) is 2.13. The van der Waals surface area contributed by atoms with Gasteiger partial charge in [-0.1, -0.05) is 12.2 Å². The Morgan fingerprint density at radius 3 is 3.00 bits per heavy atom. The number of rotatable bonds is 3. The minimum atomic E-state index is -0.380. The molecule has 0 bridgehead atoms. The van der Waals surface area contributed by atoms with Crippen molar-refractivity contribution < 1.29 is 9.53 Å². The van der Waals surface area contributed by atoms with Gasteiger partial charge in [0, 0.05) is 6.08 Å². The summed E-state index contributed by atoms with van der Waals surface area (Å²) >= 11 is 4.31. The van der Waals surface area contributed by atoms with Gasteiger partial charge in [0.1, 0.15) is 0 Å². The van der Waals surface area contributed by atoms with Crippen molar-refractivity contribution in [1.82, 2.24) is 0 Å². The maximum Gasteiger partial charge on any atom is 0.330 e. The standard InChI is InChI=1S/C6H7O2S/c1-2-8-6(7)4-3-5-9/h3-4H,2H2,1H3/b4-3+. The molecule has 0 aliphatic heterocycles. The van der Waals surface area contributed by atoms with Gasteiger partial charge < -0.3 is 4.74 Å². The number of ether oxygens (including phenoxy) is 1. The second-order valence-corrected chi connectivity index (χ2v) is 1.44. The first kappa shape index (κ1) is 8.30. The molecule has 0 N–H and O–H groups in total. The van der Waals surface area contributed by atoms with Gasteiger partial charge in [0.15, 0.2) is 0 Å². The molecule has 0 aromatic rings. The van der Waals surface area contributed by atoms with Crippen LogP contribution in [0.5, 0.6) is 0 Å². The molecule has 0 amide bonds. The van der Waals surface area contributed by atoms with Crippen molar-refractivity contribution in [3.05, 3.63) is 12.2 Å². The third-order valence-electron chi connectivity index (χ3n) is 0.574. The number of carbonyl (C=O) groups is 1. The summed E-state index contributed by atoms with van der Waals surface area (Å²) in [7, 11) is 0. The SMILES string of the molecule is CCOC(=O)/C=C/[C]=S. The molecular formula is C6H7O2S. The maximum absolute atomic E-state index is 10.4. The van der Waals surface area contributed by atoms with Crippen molar-refractivity contribution in [3.63, 3.8) is 0 Å². The Balaban J connectivity index is 3.49. The fourth-order valence-corrected chi connectivity index (χ4v) is 0.360. The summed E-state index contributed by atoms with van der Waals surface area (Å²) in [4.78, 5) is 10.4. The summed E-state index contributed by atoms with van der Waals surface area (Å²) < 4.78 is 4.53. The lowest BCUT2D eigenvalue weighted by Gasteiger charge is -1.91. The van der Waals surface area contributed by atoms with Gasteiger partial charge in [0.25, 0.3) is 0 Å². The van der Waals surface area contributed by atoms with E-state index in [4.69, 9.17) is 0 Å². The average molecular weight is 143 g/mol. The van der Waals surface area contributed by atoms with Crippen LogP contribution in [0.1, 0.15) is 6.92 Å². The Labute approximate surface area is 59.5 Å². The molecular weight excluding hydrogens is 136 g/mol. The van der Waals surface area contributed by atoms with Crippen LogP contribution >= 0.6 is 12.2 Å². The fraction of sp³-hybridized carbons (Fsp3) is 0.333. The number of hydrogen-bond acceptors (Lipinski definition) is 3. The molecule has 0 atom stereocenters. The Morgan fingerprint density at radius 2 is 2.56 bits per heavy atom. The van der Waals surface area contributed by atoms with E-state index < -0.39 is 0 Å². The molecule has 0 saturated heterocycles.